The minimum atomic E-state index is -0.171. The molecule has 35 heavy (non-hydrogen) atoms. The molecule has 7 nitrogen and oxygen atoms in total. The quantitative estimate of drug-likeness (QED) is 0.365. The summed E-state index contributed by atoms with van der Waals surface area (Å²) < 4.78 is 7.74. The first-order valence-corrected chi connectivity index (χ1v) is 11.3. The molecular formula is C28H22N4O3. The van der Waals surface area contributed by atoms with E-state index in [9.17, 15) is 9.59 Å². The summed E-state index contributed by atoms with van der Waals surface area (Å²) in [6.07, 6.45) is 1.75. The molecule has 0 saturated heterocycles. The second-order valence-electron chi connectivity index (χ2n) is 8.77. The molecule has 2 bridgehead atoms. The topological polar surface area (TPSA) is 103 Å². The lowest BCUT2D eigenvalue weighted by Crippen LogP contribution is -2.24. The van der Waals surface area contributed by atoms with E-state index in [1.807, 2.05) is 56.3 Å². The van der Waals surface area contributed by atoms with E-state index in [4.69, 9.17) is 10.2 Å². The minimum absolute atomic E-state index is 0.0922. The van der Waals surface area contributed by atoms with E-state index in [1.165, 1.54) is 6.07 Å². The molecule has 4 aromatic heterocycles. The highest BCUT2D eigenvalue weighted by atomic mass is 16.3. The number of anilines is 1. The fourth-order valence-corrected chi connectivity index (χ4v) is 4.82. The predicted octanol–water partition coefficient (Wildman–Crippen LogP) is 4.85. The molecule has 0 aliphatic carbocycles. The number of carbonyl (C=O) groups excluding carboxylic acids is 1. The highest BCUT2D eigenvalue weighted by molar-refractivity contribution is 6.26. The van der Waals surface area contributed by atoms with E-state index < -0.39 is 0 Å². The number of nitrogens with zero attached hydrogens (tertiary/aromatic N) is 2. The molecule has 0 atom stereocenters. The number of nitrogens with one attached hydrogen (secondary N) is 1. The van der Waals surface area contributed by atoms with Crippen LogP contribution >= 0.6 is 0 Å². The van der Waals surface area contributed by atoms with Gasteiger partial charge < -0.3 is 15.5 Å². The third kappa shape index (κ3) is 3.32. The summed E-state index contributed by atoms with van der Waals surface area (Å²) in [4.78, 5) is 29.5. The van der Waals surface area contributed by atoms with Crippen LogP contribution in [0.1, 0.15) is 27.2 Å². The Balaban J connectivity index is 1.35. The fraction of sp³-hybridized carbons (Fsp3) is 0.107. The van der Waals surface area contributed by atoms with Gasteiger partial charge in [-0.05, 0) is 73.5 Å². The first-order chi connectivity index (χ1) is 16.9. The zero-order chi connectivity index (χ0) is 24.3. The van der Waals surface area contributed by atoms with Crippen molar-refractivity contribution in [3.8, 4) is 5.69 Å². The molecule has 0 aliphatic heterocycles. The smallest absolute Gasteiger partial charge is 0.255 e. The summed E-state index contributed by atoms with van der Waals surface area (Å²) in [5.41, 5.74) is 11.3. The Hall–Kier alpha value is -4.65. The van der Waals surface area contributed by atoms with Gasteiger partial charge in [0.05, 0.1) is 0 Å². The van der Waals surface area contributed by atoms with Gasteiger partial charge >= 0.3 is 0 Å². The average molecular weight is 463 g/mol. The molecule has 0 saturated carbocycles. The van der Waals surface area contributed by atoms with Gasteiger partial charge in [-0.1, -0.05) is 6.07 Å². The van der Waals surface area contributed by atoms with E-state index in [-0.39, 0.29) is 11.5 Å². The molecule has 3 N–H and O–H groups in total. The molecule has 0 radical (unpaired) electrons. The summed E-state index contributed by atoms with van der Waals surface area (Å²) in [5, 5.41) is 6.73. The Morgan fingerprint density at radius 1 is 0.971 bits per heavy atom. The van der Waals surface area contributed by atoms with Crippen molar-refractivity contribution < 1.29 is 9.21 Å². The highest BCUT2D eigenvalue weighted by Gasteiger charge is 2.19. The van der Waals surface area contributed by atoms with Crippen LogP contribution in [0.4, 0.5) is 5.82 Å². The van der Waals surface area contributed by atoms with Crippen molar-refractivity contribution in [1.29, 1.82) is 0 Å². The van der Waals surface area contributed by atoms with Crippen LogP contribution < -0.4 is 16.6 Å². The van der Waals surface area contributed by atoms with Crippen LogP contribution in [0.25, 0.3) is 38.4 Å². The number of rotatable bonds is 4. The Morgan fingerprint density at radius 3 is 2.46 bits per heavy atom. The lowest BCUT2D eigenvalue weighted by atomic mass is 10.0. The zero-order valence-corrected chi connectivity index (χ0v) is 19.3. The fourth-order valence-electron chi connectivity index (χ4n) is 4.82. The van der Waals surface area contributed by atoms with Gasteiger partial charge in [0.15, 0.2) is 0 Å². The number of carbonyl (C=O) groups is 1. The van der Waals surface area contributed by atoms with Gasteiger partial charge in [0, 0.05) is 57.3 Å². The molecule has 7 heteroatoms. The molecule has 172 valence electrons. The lowest BCUT2D eigenvalue weighted by molar-refractivity contribution is 0.0951. The van der Waals surface area contributed by atoms with Gasteiger partial charge in [0.1, 0.15) is 17.0 Å². The molecule has 2 aromatic carbocycles. The number of fused-ring (bicyclic) bond motifs is 8. The van der Waals surface area contributed by atoms with Crippen LogP contribution in [0.15, 0.2) is 76.1 Å². The summed E-state index contributed by atoms with van der Waals surface area (Å²) in [6.45, 7) is 4.22. The van der Waals surface area contributed by atoms with Crippen LogP contribution in [-0.4, -0.2) is 15.5 Å². The number of amides is 1. The molecule has 6 rings (SSSR count). The summed E-state index contributed by atoms with van der Waals surface area (Å²) >= 11 is 0. The van der Waals surface area contributed by atoms with Crippen LogP contribution in [0.3, 0.4) is 0 Å². The average Bonchev–Trinajstić information content (AvgIpc) is 3.40. The number of nitrogen functional groups attached to an aromatic ring is 1. The van der Waals surface area contributed by atoms with E-state index in [0.717, 1.165) is 55.2 Å². The first kappa shape index (κ1) is 20.9. The maximum absolute atomic E-state index is 12.9. The van der Waals surface area contributed by atoms with Crippen LogP contribution in [0.5, 0.6) is 0 Å². The van der Waals surface area contributed by atoms with Crippen LogP contribution in [-0.2, 0) is 6.54 Å². The van der Waals surface area contributed by atoms with Gasteiger partial charge in [-0.15, -0.1) is 0 Å². The molecule has 0 unspecified atom stereocenters. The van der Waals surface area contributed by atoms with Gasteiger partial charge in [0.25, 0.3) is 11.5 Å². The largest absolute Gasteiger partial charge is 0.455 e. The number of aromatic nitrogens is 2. The monoisotopic (exact) mass is 462 g/mol. The van der Waals surface area contributed by atoms with Crippen LogP contribution in [0.2, 0.25) is 0 Å². The van der Waals surface area contributed by atoms with Crippen LogP contribution in [0, 0.1) is 13.8 Å². The number of hydrogen-bond acceptors (Lipinski definition) is 5. The Kier molecular flexibility index (Phi) is 4.60. The van der Waals surface area contributed by atoms with Gasteiger partial charge in [0.2, 0.25) is 0 Å². The third-order valence-electron chi connectivity index (χ3n) is 6.57. The molecule has 0 fully saturated rings. The van der Waals surface area contributed by atoms with Gasteiger partial charge in [-0.2, -0.15) is 0 Å². The standard InChI is InChI=1S/C28H22N4O3/c1-15-11-24(29)31-16(2)23(15)14-30-28(34)17-6-8-19-21(12-17)26-20-9-7-18(13-22(20)27(19)35-26)32-10-4-3-5-25(32)33/h3-13H,14H2,1-2H3,(H2,29,31)(H,30,34). The van der Waals surface area contributed by atoms with Crippen molar-refractivity contribution in [3.05, 3.63) is 99.6 Å². The second kappa shape index (κ2) is 7.70. The molecule has 1 amide bonds. The number of pyridine rings is 2. The maximum Gasteiger partial charge on any atom is 0.255 e. The van der Waals surface area contributed by atoms with E-state index in [1.54, 1.807) is 22.9 Å². The second-order valence-corrected chi connectivity index (χ2v) is 8.77. The SMILES string of the molecule is Cc1cc(N)nc(C)c1CNC(=O)c1ccc2c(c1)c1oc2c2cc(-n3ccccc3=O)ccc21. The molecule has 4 heterocycles. The van der Waals surface area contributed by atoms with Crippen molar-refractivity contribution in [2.24, 2.45) is 0 Å². The molecular weight excluding hydrogens is 440 g/mol. The molecule has 0 aliphatic rings. The van der Waals surface area contributed by atoms with Crippen molar-refractivity contribution in [2.45, 2.75) is 20.4 Å². The third-order valence-corrected chi connectivity index (χ3v) is 6.57. The summed E-state index contributed by atoms with van der Waals surface area (Å²) in [7, 11) is 0. The van der Waals surface area contributed by atoms with Crippen molar-refractivity contribution in [3.63, 3.8) is 0 Å². The van der Waals surface area contributed by atoms with Gasteiger partial charge in [-0.3, -0.25) is 14.2 Å². The Bertz CT molecular complexity index is 1810. The van der Waals surface area contributed by atoms with E-state index in [0.29, 0.717) is 17.9 Å². The Labute approximate surface area is 200 Å². The maximum atomic E-state index is 12.9. The number of nitrogens with two attached hydrogens (primary N) is 1. The molecule has 6 aromatic rings. The molecule has 0 spiro atoms. The number of benzene rings is 3. The van der Waals surface area contributed by atoms with Crippen molar-refractivity contribution >= 4 is 44.4 Å². The predicted molar refractivity (Wildman–Crippen MR) is 137 cm³/mol. The Morgan fingerprint density at radius 2 is 1.71 bits per heavy atom. The summed E-state index contributed by atoms with van der Waals surface area (Å²) in [5.74, 6) is 0.303. The number of hydrogen-bond donors (Lipinski definition) is 2. The van der Waals surface area contributed by atoms with E-state index in [2.05, 4.69) is 10.3 Å². The van der Waals surface area contributed by atoms with Gasteiger partial charge in [-0.25, -0.2) is 4.98 Å². The van der Waals surface area contributed by atoms with Crippen molar-refractivity contribution in [2.75, 3.05) is 5.73 Å². The van der Waals surface area contributed by atoms with E-state index >= 15 is 0 Å². The summed E-state index contributed by atoms with van der Waals surface area (Å²) in [6, 6.07) is 18.3. The zero-order valence-electron chi connectivity index (χ0n) is 19.3. The minimum Gasteiger partial charge on any atom is -0.455 e. The number of furan rings is 2. The first-order valence-electron chi connectivity index (χ1n) is 11.3. The normalized spacial score (nSPS) is 11.6. The van der Waals surface area contributed by atoms with Crippen molar-refractivity contribution in [1.82, 2.24) is 14.9 Å². The highest BCUT2D eigenvalue weighted by Crippen LogP contribution is 2.41. The lowest BCUT2D eigenvalue weighted by Gasteiger charge is -2.11. The number of aryl methyl sites for hydroxylation is 2.